The lowest BCUT2D eigenvalue weighted by Gasteiger charge is -2.09. The summed E-state index contributed by atoms with van der Waals surface area (Å²) in [5, 5.41) is 4.23. The summed E-state index contributed by atoms with van der Waals surface area (Å²) in [6.45, 7) is 0. The van der Waals surface area contributed by atoms with Crippen LogP contribution in [-0.4, -0.2) is 5.91 Å². The Hall–Kier alpha value is -1.32. The molecule has 4 heteroatoms. The highest BCUT2D eigenvalue weighted by atomic mass is 79.9. The number of hydrogen-bond donors (Lipinski definition) is 1. The number of alkyl halides is 1. The van der Waals surface area contributed by atoms with Gasteiger partial charge in [-0.2, -0.15) is 0 Å². The fraction of sp³-hybridized carbons (Fsp3) is 0.133. The van der Waals surface area contributed by atoms with Crippen LogP contribution in [0.3, 0.4) is 0 Å². The molecule has 1 N–H and O–H groups in total. The minimum absolute atomic E-state index is 0.0681. The highest BCUT2D eigenvalue weighted by Gasteiger charge is 2.08. The second-order valence-electron chi connectivity index (χ2n) is 4.11. The molecule has 2 aromatic rings. The van der Waals surface area contributed by atoms with E-state index < -0.39 is 0 Å². The Bertz CT molecular complexity index is 586. The van der Waals surface area contributed by atoms with Crippen molar-refractivity contribution in [2.24, 2.45) is 0 Å². The number of carbonyl (C=O) groups excluding carboxylic acids is 1. The minimum Gasteiger partial charge on any atom is -0.326 e. The van der Waals surface area contributed by atoms with Crippen LogP contribution >= 0.6 is 27.5 Å². The van der Waals surface area contributed by atoms with Gasteiger partial charge in [-0.3, -0.25) is 4.79 Å². The van der Waals surface area contributed by atoms with Crippen LogP contribution in [0.4, 0.5) is 5.69 Å². The van der Waals surface area contributed by atoms with Crippen LogP contribution in [0, 0.1) is 0 Å². The molecule has 0 saturated heterocycles. The van der Waals surface area contributed by atoms with Crippen LogP contribution in [0.1, 0.15) is 11.1 Å². The molecule has 0 aliphatic rings. The molecule has 0 fully saturated rings. The lowest BCUT2D eigenvalue weighted by atomic mass is 10.1. The second kappa shape index (κ2) is 6.73. The minimum atomic E-state index is -0.0681. The van der Waals surface area contributed by atoms with Crippen LogP contribution in [-0.2, 0) is 16.5 Å². The first kappa shape index (κ1) is 14.1. The van der Waals surface area contributed by atoms with Crippen LogP contribution in [0.2, 0.25) is 5.02 Å². The standard InChI is InChI=1S/C15H13BrClNO/c16-10-12-6-2-4-8-14(12)18-15(19)9-11-5-1-3-7-13(11)17/h1-8H,9-10H2,(H,18,19). The maximum Gasteiger partial charge on any atom is 0.228 e. The molecule has 0 aromatic heterocycles. The van der Waals surface area contributed by atoms with Gasteiger partial charge in [0, 0.05) is 16.0 Å². The van der Waals surface area contributed by atoms with Gasteiger partial charge in [-0.05, 0) is 23.3 Å². The van der Waals surface area contributed by atoms with Gasteiger partial charge in [0.25, 0.3) is 0 Å². The van der Waals surface area contributed by atoms with Crippen molar-refractivity contribution < 1.29 is 4.79 Å². The van der Waals surface area contributed by atoms with Gasteiger partial charge in [0.15, 0.2) is 0 Å². The zero-order valence-electron chi connectivity index (χ0n) is 10.2. The molecule has 0 radical (unpaired) electrons. The molecule has 0 atom stereocenters. The molecule has 0 heterocycles. The number of amides is 1. The van der Waals surface area contributed by atoms with Crippen LogP contribution in [0.25, 0.3) is 0 Å². The lowest BCUT2D eigenvalue weighted by molar-refractivity contribution is -0.115. The van der Waals surface area contributed by atoms with E-state index in [0.717, 1.165) is 16.8 Å². The van der Waals surface area contributed by atoms with Crippen LogP contribution in [0.15, 0.2) is 48.5 Å². The molecule has 0 spiro atoms. The maximum atomic E-state index is 12.0. The number of halogens is 2. The summed E-state index contributed by atoms with van der Waals surface area (Å²) < 4.78 is 0. The van der Waals surface area contributed by atoms with Gasteiger partial charge in [-0.15, -0.1) is 0 Å². The molecule has 2 nitrogen and oxygen atoms in total. The van der Waals surface area contributed by atoms with Gasteiger partial charge in [0.05, 0.1) is 6.42 Å². The Morgan fingerprint density at radius 2 is 1.68 bits per heavy atom. The maximum absolute atomic E-state index is 12.0. The number of benzene rings is 2. The fourth-order valence-corrected chi connectivity index (χ4v) is 2.46. The van der Waals surface area contributed by atoms with E-state index in [1.54, 1.807) is 6.07 Å². The Morgan fingerprint density at radius 3 is 2.37 bits per heavy atom. The van der Waals surface area contributed by atoms with E-state index in [9.17, 15) is 4.79 Å². The lowest BCUT2D eigenvalue weighted by Crippen LogP contribution is -2.15. The van der Waals surface area contributed by atoms with Crippen LogP contribution < -0.4 is 5.32 Å². The monoisotopic (exact) mass is 337 g/mol. The van der Waals surface area contributed by atoms with Crippen molar-refractivity contribution in [1.29, 1.82) is 0 Å². The molecule has 19 heavy (non-hydrogen) atoms. The van der Waals surface area contributed by atoms with Crippen molar-refractivity contribution in [2.75, 3.05) is 5.32 Å². The first-order valence-electron chi connectivity index (χ1n) is 5.88. The van der Waals surface area contributed by atoms with Gasteiger partial charge in [0.2, 0.25) is 5.91 Å². The molecular weight excluding hydrogens is 326 g/mol. The van der Waals surface area contributed by atoms with Crippen molar-refractivity contribution in [3.8, 4) is 0 Å². The van der Waals surface area contributed by atoms with Crippen molar-refractivity contribution in [1.82, 2.24) is 0 Å². The largest absolute Gasteiger partial charge is 0.326 e. The summed E-state index contributed by atoms with van der Waals surface area (Å²) >= 11 is 9.45. The smallest absolute Gasteiger partial charge is 0.228 e. The molecule has 1 amide bonds. The molecule has 98 valence electrons. The molecule has 0 aliphatic carbocycles. The highest BCUT2D eigenvalue weighted by molar-refractivity contribution is 9.08. The predicted molar refractivity (Wildman–Crippen MR) is 82.9 cm³/mol. The number of hydrogen-bond acceptors (Lipinski definition) is 1. The zero-order chi connectivity index (χ0) is 13.7. The van der Waals surface area contributed by atoms with E-state index in [4.69, 9.17) is 11.6 Å². The van der Waals surface area contributed by atoms with E-state index in [0.29, 0.717) is 10.4 Å². The van der Waals surface area contributed by atoms with E-state index >= 15 is 0 Å². The first-order chi connectivity index (χ1) is 9.20. The molecule has 2 aromatic carbocycles. The van der Waals surface area contributed by atoms with Crippen molar-refractivity contribution in [3.63, 3.8) is 0 Å². The average Bonchev–Trinajstić information content (AvgIpc) is 2.42. The molecule has 2 rings (SSSR count). The number of carbonyl (C=O) groups is 1. The summed E-state index contributed by atoms with van der Waals surface area (Å²) in [7, 11) is 0. The summed E-state index contributed by atoms with van der Waals surface area (Å²) in [4.78, 5) is 12.0. The highest BCUT2D eigenvalue weighted by Crippen LogP contribution is 2.19. The van der Waals surface area contributed by atoms with E-state index in [-0.39, 0.29) is 12.3 Å². The van der Waals surface area contributed by atoms with E-state index in [2.05, 4.69) is 21.2 Å². The van der Waals surface area contributed by atoms with Crippen molar-refractivity contribution in [3.05, 3.63) is 64.7 Å². The average molecular weight is 339 g/mol. The molecule has 0 unspecified atom stereocenters. The first-order valence-corrected chi connectivity index (χ1v) is 7.38. The molecular formula is C15H13BrClNO. The second-order valence-corrected chi connectivity index (χ2v) is 5.08. The van der Waals surface area contributed by atoms with E-state index in [1.165, 1.54) is 0 Å². The molecule has 0 saturated carbocycles. The summed E-state index contributed by atoms with van der Waals surface area (Å²) in [5.41, 5.74) is 2.71. The third kappa shape index (κ3) is 3.82. The number of anilines is 1. The molecule has 0 aliphatic heterocycles. The number of nitrogens with one attached hydrogen (secondary N) is 1. The van der Waals surface area contributed by atoms with Gasteiger partial charge in [0.1, 0.15) is 0 Å². The summed E-state index contributed by atoms with van der Waals surface area (Å²) in [6, 6.07) is 15.1. The Balaban J connectivity index is 2.08. The predicted octanol–water partition coefficient (Wildman–Crippen LogP) is 4.42. The van der Waals surface area contributed by atoms with Gasteiger partial charge < -0.3 is 5.32 Å². The summed E-state index contributed by atoms with van der Waals surface area (Å²) in [6.07, 6.45) is 0.274. The van der Waals surface area contributed by atoms with Gasteiger partial charge in [-0.1, -0.05) is 63.9 Å². The van der Waals surface area contributed by atoms with Gasteiger partial charge in [-0.25, -0.2) is 0 Å². The normalized spacial score (nSPS) is 10.2. The Morgan fingerprint density at radius 1 is 1.05 bits per heavy atom. The topological polar surface area (TPSA) is 29.1 Å². The quantitative estimate of drug-likeness (QED) is 0.822. The SMILES string of the molecule is O=C(Cc1ccccc1Cl)Nc1ccccc1CBr. The fourth-order valence-electron chi connectivity index (χ4n) is 1.77. The van der Waals surface area contributed by atoms with Gasteiger partial charge >= 0.3 is 0 Å². The zero-order valence-corrected chi connectivity index (χ0v) is 12.5. The Kier molecular flexibility index (Phi) is 5.00. The number of para-hydroxylation sites is 1. The summed E-state index contributed by atoms with van der Waals surface area (Å²) in [5.74, 6) is -0.0681. The van der Waals surface area contributed by atoms with Crippen molar-refractivity contribution in [2.45, 2.75) is 11.8 Å². The van der Waals surface area contributed by atoms with Crippen LogP contribution in [0.5, 0.6) is 0 Å². The Labute approximate surface area is 125 Å². The molecule has 0 bridgehead atoms. The third-order valence-electron chi connectivity index (χ3n) is 2.74. The van der Waals surface area contributed by atoms with Crippen molar-refractivity contribution >= 4 is 39.1 Å². The third-order valence-corrected chi connectivity index (χ3v) is 3.72. The number of rotatable bonds is 4. The van der Waals surface area contributed by atoms with E-state index in [1.807, 2.05) is 42.5 Å².